The summed E-state index contributed by atoms with van der Waals surface area (Å²) in [5.74, 6) is 1.55. The van der Waals surface area contributed by atoms with Gasteiger partial charge in [-0.25, -0.2) is 4.98 Å². The van der Waals surface area contributed by atoms with Gasteiger partial charge in [-0.1, -0.05) is 0 Å². The third kappa shape index (κ3) is 3.92. The molecule has 0 saturated heterocycles. The van der Waals surface area contributed by atoms with Crippen molar-refractivity contribution < 1.29 is 4.21 Å². The lowest BCUT2D eigenvalue weighted by atomic mass is 10.2. The number of nitrogen functional groups attached to an aromatic ring is 1. The van der Waals surface area contributed by atoms with E-state index in [-0.39, 0.29) is 6.04 Å². The second kappa shape index (κ2) is 6.02. The van der Waals surface area contributed by atoms with E-state index in [0.29, 0.717) is 5.75 Å². The van der Waals surface area contributed by atoms with Crippen LogP contribution in [-0.4, -0.2) is 27.2 Å². The van der Waals surface area contributed by atoms with Gasteiger partial charge in [-0.2, -0.15) is 0 Å². The quantitative estimate of drug-likeness (QED) is 0.823. The fraction of sp³-hybridized carbons (Fsp3) is 0.357. The smallest absolute Gasteiger partial charge is 0.126 e. The SMILES string of the molecule is CC(CCS(C)=O)Nc1ccc2cc(N)ccc2n1. The predicted molar refractivity (Wildman–Crippen MR) is 82.8 cm³/mol. The Morgan fingerprint density at radius 1 is 1.37 bits per heavy atom. The Labute approximate surface area is 115 Å². The van der Waals surface area contributed by atoms with Crippen molar-refractivity contribution >= 4 is 33.2 Å². The molecule has 0 radical (unpaired) electrons. The minimum Gasteiger partial charge on any atom is -0.399 e. The van der Waals surface area contributed by atoms with E-state index in [1.54, 1.807) is 6.26 Å². The van der Waals surface area contributed by atoms with Crippen molar-refractivity contribution in [1.82, 2.24) is 4.98 Å². The molecule has 102 valence electrons. The summed E-state index contributed by atoms with van der Waals surface area (Å²) in [6, 6.07) is 9.88. The van der Waals surface area contributed by atoms with Crippen molar-refractivity contribution in [1.29, 1.82) is 0 Å². The van der Waals surface area contributed by atoms with Crippen LogP contribution in [0.1, 0.15) is 13.3 Å². The van der Waals surface area contributed by atoms with Gasteiger partial charge in [0.15, 0.2) is 0 Å². The van der Waals surface area contributed by atoms with Gasteiger partial charge in [-0.15, -0.1) is 0 Å². The zero-order valence-corrected chi connectivity index (χ0v) is 12.0. The molecule has 5 heteroatoms. The first-order valence-electron chi connectivity index (χ1n) is 6.27. The molecule has 3 N–H and O–H groups in total. The second-order valence-electron chi connectivity index (χ2n) is 4.76. The van der Waals surface area contributed by atoms with E-state index in [1.165, 1.54) is 0 Å². The average molecular weight is 277 g/mol. The van der Waals surface area contributed by atoms with Crippen LogP contribution in [0.15, 0.2) is 30.3 Å². The Morgan fingerprint density at radius 3 is 2.89 bits per heavy atom. The molecular weight excluding hydrogens is 258 g/mol. The largest absolute Gasteiger partial charge is 0.399 e. The third-order valence-electron chi connectivity index (χ3n) is 2.95. The summed E-state index contributed by atoms with van der Waals surface area (Å²) in [4.78, 5) is 4.54. The minimum atomic E-state index is -0.743. The van der Waals surface area contributed by atoms with E-state index in [2.05, 4.69) is 17.2 Å². The van der Waals surface area contributed by atoms with Gasteiger partial charge in [-0.3, -0.25) is 4.21 Å². The molecule has 0 amide bonds. The summed E-state index contributed by atoms with van der Waals surface area (Å²) >= 11 is 0. The molecule has 0 aliphatic carbocycles. The van der Waals surface area contributed by atoms with E-state index in [9.17, 15) is 4.21 Å². The fourth-order valence-electron chi connectivity index (χ4n) is 1.89. The molecular formula is C14H19N3OS. The molecule has 1 aromatic heterocycles. The zero-order chi connectivity index (χ0) is 13.8. The Morgan fingerprint density at radius 2 is 2.16 bits per heavy atom. The maximum Gasteiger partial charge on any atom is 0.126 e. The normalized spacial score (nSPS) is 14.2. The number of nitrogens with two attached hydrogens (primary N) is 1. The number of anilines is 2. The monoisotopic (exact) mass is 277 g/mol. The highest BCUT2D eigenvalue weighted by atomic mass is 32.2. The first kappa shape index (κ1) is 13.8. The first-order valence-corrected chi connectivity index (χ1v) is 8.00. The van der Waals surface area contributed by atoms with Crippen LogP contribution in [0.2, 0.25) is 0 Å². The third-order valence-corrected chi connectivity index (χ3v) is 3.76. The van der Waals surface area contributed by atoms with E-state index >= 15 is 0 Å². The number of hydrogen-bond acceptors (Lipinski definition) is 4. The molecule has 4 nitrogen and oxygen atoms in total. The van der Waals surface area contributed by atoms with Crippen LogP contribution in [0.4, 0.5) is 11.5 Å². The Hall–Kier alpha value is -1.62. The van der Waals surface area contributed by atoms with Crippen LogP contribution >= 0.6 is 0 Å². The molecule has 0 fully saturated rings. The lowest BCUT2D eigenvalue weighted by Gasteiger charge is -2.14. The molecule has 19 heavy (non-hydrogen) atoms. The molecule has 0 aliphatic heterocycles. The Balaban J connectivity index is 2.08. The van der Waals surface area contributed by atoms with E-state index in [1.807, 2.05) is 30.3 Å². The van der Waals surface area contributed by atoms with Gasteiger partial charge in [0, 0.05) is 39.9 Å². The molecule has 2 rings (SSSR count). The average Bonchev–Trinajstić information content (AvgIpc) is 2.36. The van der Waals surface area contributed by atoms with Crippen LogP contribution < -0.4 is 11.1 Å². The van der Waals surface area contributed by atoms with Gasteiger partial charge in [0.25, 0.3) is 0 Å². The van der Waals surface area contributed by atoms with E-state index < -0.39 is 10.8 Å². The molecule has 1 heterocycles. The minimum absolute atomic E-state index is 0.252. The summed E-state index contributed by atoms with van der Waals surface area (Å²) in [6.45, 7) is 2.07. The van der Waals surface area contributed by atoms with Crippen LogP contribution in [0.3, 0.4) is 0 Å². The summed E-state index contributed by atoms with van der Waals surface area (Å²) in [5.41, 5.74) is 7.40. The predicted octanol–water partition coefficient (Wildman–Crippen LogP) is 2.39. The molecule has 2 aromatic rings. The Bertz CT molecular complexity index is 600. The maximum absolute atomic E-state index is 11.1. The number of nitrogens with one attached hydrogen (secondary N) is 1. The van der Waals surface area contributed by atoms with E-state index in [0.717, 1.165) is 28.8 Å². The number of benzene rings is 1. The second-order valence-corrected chi connectivity index (χ2v) is 6.31. The van der Waals surface area contributed by atoms with Crippen molar-refractivity contribution in [3.05, 3.63) is 30.3 Å². The van der Waals surface area contributed by atoms with Crippen LogP contribution in [0.25, 0.3) is 10.9 Å². The number of pyridine rings is 1. The molecule has 0 bridgehead atoms. The summed E-state index contributed by atoms with van der Waals surface area (Å²) < 4.78 is 11.1. The number of rotatable bonds is 5. The zero-order valence-electron chi connectivity index (χ0n) is 11.2. The standard InChI is InChI=1S/C14H19N3OS/c1-10(7-8-19(2)18)16-14-6-3-11-9-12(15)4-5-13(11)17-14/h3-6,9-10H,7-8,15H2,1-2H3,(H,16,17). The highest BCUT2D eigenvalue weighted by Gasteiger charge is 2.05. The molecule has 2 atom stereocenters. The molecule has 2 unspecified atom stereocenters. The van der Waals surface area contributed by atoms with Gasteiger partial charge in [0.1, 0.15) is 5.82 Å². The molecule has 0 spiro atoms. The molecule has 0 aliphatic rings. The van der Waals surface area contributed by atoms with Gasteiger partial charge >= 0.3 is 0 Å². The van der Waals surface area contributed by atoms with Gasteiger partial charge in [0.05, 0.1) is 5.52 Å². The van der Waals surface area contributed by atoms with Crippen molar-refractivity contribution in [3.8, 4) is 0 Å². The van der Waals surface area contributed by atoms with Crippen molar-refractivity contribution in [2.24, 2.45) is 0 Å². The first-order chi connectivity index (χ1) is 9.04. The lowest BCUT2D eigenvalue weighted by Crippen LogP contribution is -2.18. The van der Waals surface area contributed by atoms with Gasteiger partial charge < -0.3 is 11.1 Å². The number of aromatic nitrogens is 1. The van der Waals surface area contributed by atoms with Crippen molar-refractivity contribution in [2.75, 3.05) is 23.1 Å². The topological polar surface area (TPSA) is 68.0 Å². The highest BCUT2D eigenvalue weighted by Crippen LogP contribution is 2.18. The molecule has 1 aromatic carbocycles. The van der Waals surface area contributed by atoms with Crippen LogP contribution in [0, 0.1) is 0 Å². The number of hydrogen-bond donors (Lipinski definition) is 2. The molecule has 0 saturated carbocycles. The fourth-order valence-corrected chi connectivity index (χ4v) is 2.58. The summed E-state index contributed by atoms with van der Waals surface area (Å²) in [6.07, 6.45) is 2.59. The number of fused-ring (bicyclic) bond motifs is 1. The highest BCUT2D eigenvalue weighted by molar-refractivity contribution is 7.84. The van der Waals surface area contributed by atoms with E-state index in [4.69, 9.17) is 5.73 Å². The van der Waals surface area contributed by atoms with Gasteiger partial charge in [0.2, 0.25) is 0 Å². The van der Waals surface area contributed by atoms with Crippen molar-refractivity contribution in [2.45, 2.75) is 19.4 Å². The van der Waals surface area contributed by atoms with Crippen LogP contribution in [-0.2, 0) is 10.8 Å². The lowest BCUT2D eigenvalue weighted by molar-refractivity contribution is 0.678. The van der Waals surface area contributed by atoms with Crippen molar-refractivity contribution in [3.63, 3.8) is 0 Å². The summed E-state index contributed by atoms with van der Waals surface area (Å²) in [5, 5.41) is 4.36. The number of nitrogens with zero attached hydrogens (tertiary/aromatic N) is 1. The maximum atomic E-state index is 11.1. The van der Waals surface area contributed by atoms with Crippen LogP contribution in [0.5, 0.6) is 0 Å². The van der Waals surface area contributed by atoms with Gasteiger partial charge in [-0.05, 0) is 43.7 Å². The Kier molecular flexibility index (Phi) is 4.37. The summed E-state index contributed by atoms with van der Waals surface area (Å²) in [7, 11) is -0.743.